The molecule has 0 bridgehead atoms. The Hall–Kier alpha value is -2.69. The van der Waals surface area contributed by atoms with E-state index in [1.807, 2.05) is 24.0 Å². The Morgan fingerprint density at radius 3 is 2.50 bits per heavy atom. The van der Waals surface area contributed by atoms with Crippen LogP contribution in [0.1, 0.15) is 31.0 Å². The number of imidazole rings is 1. The summed E-state index contributed by atoms with van der Waals surface area (Å²) in [6.45, 7) is 3.32. The lowest BCUT2D eigenvalue weighted by molar-refractivity contribution is 0.470. The van der Waals surface area contributed by atoms with Gasteiger partial charge in [0.2, 0.25) is 5.95 Å². The Bertz CT molecular complexity index is 957. The Kier molecular flexibility index (Phi) is 3.55. The summed E-state index contributed by atoms with van der Waals surface area (Å²) < 4.78 is 2.04. The maximum atomic E-state index is 4.99. The average Bonchev–Trinajstić information content (AvgIpc) is 3.28. The number of benzene rings is 1. The predicted molar refractivity (Wildman–Crippen MR) is 103 cm³/mol. The van der Waals surface area contributed by atoms with Gasteiger partial charge in [-0.2, -0.15) is 0 Å². The van der Waals surface area contributed by atoms with Crippen molar-refractivity contribution in [1.82, 2.24) is 19.5 Å². The molecule has 132 valence electrons. The van der Waals surface area contributed by atoms with Crippen LogP contribution in [0.3, 0.4) is 0 Å². The van der Waals surface area contributed by atoms with Crippen LogP contribution in [0.4, 0.5) is 5.95 Å². The van der Waals surface area contributed by atoms with Crippen molar-refractivity contribution in [3.05, 3.63) is 47.9 Å². The van der Waals surface area contributed by atoms with E-state index in [4.69, 9.17) is 9.97 Å². The molecule has 1 saturated heterocycles. The van der Waals surface area contributed by atoms with Crippen LogP contribution in [0.2, 0.25) is 0 Å². The molecular formula is C21H23N5. The van der Waals surface area contributed by atoms with Crippen molar-refractivity contribution in [2.45, 2.75) is 38.6 Å². The third-order valence-corrected chi connectivity index (χ3v) is 5.74. The molecule has 5 nitrogen and oxygen atoms in total. The molecule has 0 N–H and O–H groups in total. The van der Waals surface area contributed by atoms with Crippen molar-refractivity contribution in [2.75, 3.05) is 11.4 Å². The van der Waals surface area contributed by atoms with Gasteiger partial charge in [-0.05, 0) is 32.6 Å². The fraction of sp³-hybridized carbons (Fsp3) is 0.381. The zero-order valence-electron chi connectivity index (χ0n) is 15.3. The highest BCUT2D eigenvalue weighted by atomic mass is 15.3. The third-order valence-electron chi connectivity index (χ3n) is 5.74. The molecule has 1 aliphatic carbocycles. The highest BCUT2D eigenvalue weighted by molar-refractivity contribution is 5.70. The van der Waals surface area contributed by atoms with Gasteiger partial charge < -0.3 is 9.47 Å². The molecule has 26 heavy (non-hydrogen) atoms. The SMILES string of the molecule is C[C@H]1CCN1c1nc2c(c(-c3ccc(-c4nccn4C)cc3)n1)CCC2. The first-order valence-corrected chi connectivity index (χ1v) is 9.45. The van der Waals surface area contributed by atoms with E-state index >= 15 is 0 Å². The largest absolute Gasteiger partial charge is 0.338 e. The van der Waals surface area contributed by atoms with Crippen molar-refractivity contribution < 1.29 is 0 Å². The highest BCUT2D eigenvalue weighted by Crippen LogP contribution is 2.34. The van der Waals surface area contributed by atoms with Gasteiger partial charge in [0.05, 0.1) is 5.69 Å². The van der Waals surface area contributed by atoms with Gasteiger partial charge in [-0.1, -0.05) is 24.3 Å². The van der Waals surface area contributed by atoms with E-state index in [1.165, 1.54) is 29.7 Å². The second-order valence-electron chi connectivity index (χ2n) is 7.42. The minimum absolute atomic E-state index is 0.549. The Balaban J connectivity index is 1.56. The number of nitrogens with zero attached hydrogens (tertiary/aromatic N) is 5. The van der Waals surface area contributed by atoms with Gasteiger partial charge in [-0.3, -0.25) is 0 Å². The summed E-state index contributed by atoms with van der Waals surface area (Å²) in [6, 6.07) is 9.19. The molecule has 1 fully saturated rings. The zero-order chi connectivity index (χ0) is 17.7. The van der Waals surface area contributed by atoms with E-state index < -0.39 is 0 Å². The van der Waals surface area contributed by atoms with Crippen LogP contribution in [0, 0.1) is 0 Å². The molecule has 0 saturated carbocycles. The second-order valence-corrected chi connectivity index (χ2v) is 7.42. The van der Waals surface area contributed by atoms with E-state index in [9.17, 15) is 0 Å². The maximum absolute atomic E-state index is 4.99. The van der Waals surface area contributed by atoms with Crippen LogP contribution in [0.25, 0.3) is 22.6 Å². The molecule has 1 atom stereocenters. The predicted octanol–water partition coefficient (Wildman–Crippen LogP) is 3.63. The normalized spacial score (nSPS) is 18.7. The van der Waals surface area contributed by atoms with Crippen LogP contribution in [0.5, 0.6) is 0 Å². The van der Waals surface area contributed by atoms with Gasteiger partial charge in [0, 0.05) is 54.4 Å². The first-order valence-electron chi connectivity index (χ1n) is 9.45. The van der Waals surface area contributed by atoms with Gasteiger partial charge in [-0.25, -0.2) is 15.0 Å². The Morgan fingerprint density at radius 1 is 1.04 bits per heavy atom. The van der Waals surface area contributed by atoms with Crippen LogP contribution < -0.4 is 4.90 Å². The number of hydrogen-bond donors (Lipinski definition) is 0. The van der Waals surface area contributed by atoms with Crippen LogP contribution in [-0.4, -0.2) is 32.1 Å². The summed E-state index contributed by atoms with van der Waals surface area (Å²) in [7, 11) is 2.02. The van der Waals surface area contributed by atoms with Gasteiger partial charge in [0.25, 0.3) is 0 Å². The first-order chi connectivity index (χ1) is 12.7. The van der Waals surface area contributed by atoms with Gasteiger partial charge in [0.15, 0.2) is 0 Å². The molecule has 0 spiro atoms. The molecular weight excluding hydrogens is 322 g/mol. The summed E-state index contributed by atoms with van der Waals surface area (Å²) in [5, 5.41) is 0. The van der Waals surface area contributed by atoms with Crippen molar-refractivity contribution in [2.24, 2.45) is 7.05 Å². The molecule has 0 unspecified atom stereocenters. The number of rotatable bonds is 3. The van der Waals surface area contributed by atoms with Gasteiger partial charge in [0.1, 0.15) is 5.82 Å². The number of fused-ring (bicyclic) bond motifs is 1. The summed E-state index contributed by atoms with van der Waals surface area (Å²) >= 11 is 0. The number of anilines is 1. The molecule has 1 aliphatic heterocycles. The van der Waals surface area contributed by atoms with Crippen LogP contribution in [-0.2, 0) is 19.9 Å². The molecule has 3 aromatic rings. The smallest absolute Gasteiger partial charge is 0.226 e. The summed E-state index contributed by atoms with van der Waals surface area (Å²) in [6.07, 6.45) is 8.38. The lowest BCUT2D eigenvalue weighted by Crippen LogP contribution is -2.46. The standard InChI is InChI=1S/C21H23N5/c1-14-10-12-26(14)21-23-18-5-3-4-17(18)19(24-21)15-6-8-16(9-7-15)20-22-11-13-25(20)2/h6-9,11,13-14H,3-5,10,12H2,1-2H3/t14-/m0/s1. The van der Waals surface area contributed by atoms with E-state index in [1.54, 1.807) is 0 Å². The lowest BCUT2D eigenvalue weighted by Gasteiger charge is -2.39. The molecule has 2 aliphatic rings. The highest BCUT2D eigenvalue weighted by Gasteiger charge is 2.29. The number of aryl methyl sites for hydroxylation is 2. The monoisotopic (exact) mass is 345 g/mol. The summed E-state index contributed by atoms with van der Waals surface area (Å²) in [5.74, 6) is 1.90. The Morgan fingerprint density at radius 2 is 1.85 bits per heavy atom. The zero-order valence-corrected chi connectivity index (χ0v) is 15.3. The molecule has 5 rings (SSSR count). The number of aromatic nitrogens is 4. The quantitative estimate of drug-likeness (QED) is 0.727. The van der Waals surface area contributed by atoms with Crippen molar-refractivity contribution >= 4 is 5.95 Å². The minimum Gasteiger partial charge on any atom is -0.338 e. The molecule has 0 amide bonds. The average molecular weight is 345 g/mol. The van der Waals surface area contributed by atoms with E-state index in [2.05, 4.69) is 41.1 Å². The Labute approximate surface area is 153 Å². The maximum Gasteiger partial charge on any atom is 0.226 e. The van der Waals surface area contributed by atoms with Crippen molar-refractivity contribution in [3.8, 4) is 22.6 Å². The second kappa shape index (κ2) is 5.94. The molecule has 2 aromatic heterocycles. The minimum atomic E-state index is 0.549. The van der Waals surface area contributed by atoms with E-state index in [0.717, 1.165) is 42.4 Å². The fourth-order valence-electron chi connectivity index (χ4n) is 4.02. The molecule has 0 radical (unpaired) electrons. The van der Waals surface area contributed by atoms with E-state index in [0.29, 0.717) is 6.04 Å². The van der Waals surface area contributed by atoms with Gasteiger partial charge in [-0.15, -0.1) is 0 Å². The molecule has 5 heteroatoms. The summed E-state index contributed by atoms with van der Waals surface area (Å²) in [5.41, 5.74) is 6.01. The molecule has 1 aromatic carbocycles. The van der Waals surface area contributed by atoms with Gasteiger partial charge >= 0.3 is 0 Å². The van der Waals surface area contributed by atoms with Crippen LogP contribution >= 0.6 is 0 Å². The van der Waals surface area contributed by atoms with Crippen molar-refractivity contribution in [3.63, 3.8) is 0 Å². The molecule has 3 heterocycles. The first kappa shape index (κ1) is 15.6. The topological polar surface area (TPSA) is 46.8 Å². The van der Waals surface area contributed by atoms with Crippen molar-refractivity contribution in [1.29, 1.82) is 0 Å². The number of hydrogen-bond acceptors (Lipinski definition) is 4. The van der Waals surface area contributed by atoms with Crippen LogP contribution in [0.15, 0.2) is 36.7 Å². The lowest BCUT2D eigenvalue weighted by atomic mass is 10.0. The summed E-state index contributed by atoms with van der Waals surface area (Å²) in [4.78, 5) is 16.6. The third kappa shape index (κ3) is 2.42. The fourth-order valence-corrected chi connectivity index (χ4v) is 4.02. The van der Waals surface area contributed by atoms with E-state index in [-0.39, 0.29) is 0 Å².